The number of aromatic nitrogens is 3. The molecule has 2 heterocycles. The number of rotatable bonds is 6. The van der Waals surface area contributed by atoms with Gasteiger partial charge in [0.2, 0.25) is 0 Å². The molecular weight excluding hydrogens is 810 g/mol. The fraction of sp³-hybridized carbons (Fsp3) is 0.131. The van der Waals surface area contributed by atoms with Gasteiger partial charge in [-0.25, -0.2) is 19.3 Å². The molecule has 1 aliphatic rings. The average molecular weight is 856 g/mol. The van der Waals surface area contributed by atoms with E-state index in [-0.39, 0.29) is 16.6 Å². The predicted octanol–water partition coefficient (Wildman–Crippen LogP) is 16.6. The first-order valence-electron chi connectivity index (χ1n) is 22.8. The largest absolute Gasteiger partial charge is 0.455 e. The molecule has 12 rings (SSSR count). The maximum absolute atomic E-state index is 13.8. The molecule has 5 heteroatoms. The fourth-order valence-corrected chi connectivity index (χ4v) is 10.2. The summed E-state index contributed by atoms with van der Waals surface area (Å²) in [6, 6.07) is 62.3. The van der Waals surface area contributed by atoms with Crippen molar-refractivity contribution in [1.82, 2.24) is 15.0 Å². The smallest absolute Gasteiger partial charge is 0.164 e. The molecule has 9 aromatic carbocycles. The van der Waals surface area contributed by atoms with E-state index in [4.69, 9.17) is 19.4 Å². The number of nitrogens with zero attached hydrogens (tertiary/aromatic N) is 3. The van der Waals surface area contributed by atoms with Gasteiger partial charge in [0.25, 0.3) is 0 Å². The maximum atomic E-state index is 13.8. The zero-order valence-corrected chi connectivity index (χ0v) is 37.4. The first kappa shape index (κ1) is 39.8. The van der Waals surface area contributed by atoms with Crippen molar-refractivity contribution in [3.63, 3.8) is 0 Å². The quantitative estimate of drug-likeness (QED) is 0.156. The van der Waals surface area contributed by atoms with Crippen LogP contribution in [0.15, 0.2) is 186 Å². The van der Waals surface area contributed by atoms with E-state index in [0.29, 0.717) is 17.5 Å². The molecule has 0 radical (unpaired) electrons. The molecule has 0 bridgehead atoms. The molecule has 1 aliphatic carbocycles. The maximum Gasteiger partial charge on any atom is 0.164 e. The highest BCUT2D eigenvalue weighted by molar-refractivity contribution is 6.14. The number of halogens is 1. The fourth-order valence-electron chi connectivity index (χ4n) is 10.2. The molecule has 318 valence electrons. The second kappa shape index (κ2) is 15.2. The molecule has 0 unspecified atom stereocenters. The summed E-state index contributed by atoms with van der Waals surface area (Å²) in [6.45, 7) is 9.52. The van der Waals surface area contributed by atoms with Crippen molar-refractivity contribution in [2.75, 3.05) is 0 Å². The van der Waals surface area contributed by atoms with Crippen LogP contribution in [-0.4, -0.2) is 15.0 Å². The van der Waals surface area contributed by atoms with Gasteiger partial charge in [0.15, 0.2) is 17.5 Å². The van der Waals surface area contributed by atoms with Crippen LogP contribution in [0.2, 0.25) is 0 Å². The molecule has 11 aromatic rings. The van der Waals surface area contributed by atoms with Crippen molar-refractivity contribution in [1.29, 1.82) is 0 Å². The van der Waals surface area contributed by atoms with Crippen molar-refractivity contribution in [3.8, 4) is 67.5 Å². The van der Waals surface area contributed by atoms with Gasteiger partial charge in [0, 0.05) is 33.0 Å². The molecule has 0 atom stereocenters. The monoisotopic (exact) mass is 855 g/mol. The molecular formula is C61H46FN3O. The van der Waals surface area contributed by atoms with E-state index >= 15 is 0 Å². The molecule has 0 saturated carbocycles. The van der Waals surface area contributed by atoms with Gasteiger partial charge in [0.05, 0.1) is 0 Å². The highest BCUT2D eigenvalue weighted by Crippen LogP contribution is 2.47. The lowest BCUT2D eigenvalue weighted by Crippen LogP contribution is -2.33. The van der Waals surface area contributed by atoms with Crippen molar-refractivity contribution < 1.29 is 8.81 Å². The van der Waals surface area contributed by atoms with Crippen LogP contribution in [0.25, 0.3) is 111 Å². The van der Waals surface area contributed by atoms with Gasteiger partial charge >= 0.3 is 0 Å². The Bertz CT molecular complexity index is 3700. The van der Waals surface area contributed by atoms with Crippen molar-refractivity contribution in [2.24, 2.45) is 0 Å². The number of benzene rings is 9. The van der Waals surface area contributed by atoms with Gasteiger partial charge in [-0.05, 0) is 121 Å². The van der Waals surface area contributed by atoms with Gasteiger partial charge in [-0.15, -0.1) is 0 Å². The Kier molecular flexibility index (Phi) is 9.15. The Morgan fingerprint density at radius 1 is 0.394 bits per heavy atom. The van der Waals surface area contributed by atoms with Crippen LogP contribution in [-0.2, 0) is 10.8 Å². The predicted molar refractivity (Wildman–Crippen MR) is 270 cm³/mol. The molecule has 0 spiro atoms. The van der Waals surface area contributed by atoms with E-state index in [1.54, 1.807) is 12.1 Å². The van der Waals surface area contributed by atoms with E-state index in [2.05, 4.69) is 149 Å². The molecule has 2 aromatic heterocycles. The third kappa shape index (κ3) is 6.77. The number of furan rings is 1. The Labute approximate surface area is 383 Å². The lowest BCUT2D eigenvalue weighted by atomic mass is 9.63. The van der Waals surface area contributed by atoms with E-state index in [1.807, 2.05) is 36.4 Å². The molecule has 0 fully saturated rings. The molecule has 0 aliphatic heterocycles. The summed E-state index contributed by atoms with van der Waals surface area (Å²) in [7, 11) is 0. The minimum Gasteiger partial charge on any atom is -0.455 e. The van der Waals surface area contributed by atoms with Crippen molar-refractivity contribution in [2.45, 2.75) is 51.4 Å². The Hall–Kier alpha value is -7.76. The first-order valence-corrected chi connectivity index (χ1v) is 22.8. The number of hydrogen-bond acceptors (Lipinski definition) is 4. The second-order valence-electron chi connectivity index (χ2n) is 19.2. The van der Waals surface area contributed by atoms with E-state index in [1.165, 1.54) is 52.6 Å². The SMILES string of the molecule is CC1(C)CCC(C)(C)c2cc(-c3ccc(-c4cc(-c5nc(-c6ccc(-c7ccc(F)cc7)cc6)nc(-c6cc7ccccc7c7ccccc67)n5)cc5c4oc4ccccc45)cc3)ccc21. The zero-order chi connectivity index (χ0) is 44.7. The summed E-state index contributed by atoms with van der Waals surface area (Å²) in [6.07, 6.45) is 2.36. The van der Waals surface area contributed by atoms with Gasteiger partial charge in [0.1, 0.15) is 17.0 Å². The second-order valence-corrected chi connectivity index (χ2v) is 19.2. The van der Waals surface area contributed by atoms with E-state index in [0.717, 1.165) is 77.0 Å². The first-order chi connectivity index (χ1) is 32.1. The number of hydrogen-bond donors (Lipinski definition) is 0. The highest BCUT2D eigenvalue weighted by atomic mass is 19.1. The summed E-state index contributed by atoms with van der Waals surface area (Å²) in [5.74, 6) is 1.43. The lowest BCUT2D eigenvalue weighted by molar-refractivity contribution is 0.332. The van der Waals surface area contributed by atoms with Crippen molar-refractivity contribution in [3.05, 3.63) is 199 Å². The topological polar surface area (TPSA) is 51.8 Å². The Balaban J connectivity index is 1.04. The van der Waals surface area contributed by atoms with Crippen LogP contribution in [0.5, 0.6) is 0 Å². The van der Waals surface area contributed by atoms with E-state index < -0.39 is 0 Å². The van der Waals surface area contributed by atoms with Crippen LogP contribution < -0.4 is 0 Å². The standard InChI is InChI=1S/C61H46FN3O/c1-60(2)31-32-61(3,4)54-36-42(27-30-53(54)60)39-17-21-40(22-18-39)50-34-44(35-51-49-15-9-10-16-55(49)66-56(50)51)58-63-57(41-23-19-37(20-24-41)38-25-28-45(62)29-26-38)64-59(65-58)52-33-43-11-5-6-12-46(43)47-13-7-8-14-48(47)52/h5-30,33-36H,31-32H2,1-4H3. The molecule has 66 heavy (non-hydrogen) atoms. The van der Waals surface area contributed by atoms with E-state index in [9.17, 15) is 4.39 Å². The average Bonchev–Trinajstić information content (AvgIpc) is 3.74. The summed E-state index contributed by atoms with van der Waals surface area (Å²) in [5.41, 5.74) is 13.8. The third-order valence-corrected chi connectivity index (χ3v) is 14.1. The minimum absolute atomic E-state index is 0.123. The number of fused-ring (bicyclic) bond motifs is 7. The molecule has 0 saturated heterocycles. The van der Waals surface area contributed by atoms with Crippen LogP contribution in [0, 0.1) is 5.82 Å². The molecule has 4 nitrogen and oxygen atoms in total. The number of para-hydroxylation sites is 1. The van der Waals surface area contributed by atoms with Crippen LogP contribution >= 0.6 is 0 Å². The Morgan fingerprint density at radius 2 is 0.924 bits per heavy atom. The van der Waals surface area contributed by atoms with Gasteiger partial charge in [-0.2, -0.15) is 0 Å². The third-order valence-electron chi connectivity index (χ3n) is 14.1. The van der Waals surface area contributed by atoms with Gasteiger partial charge in [-0.1, -0.05) is 173 Å². The van der Waals surface area contributed by atoms with Gasteiger partial charge < -0.3 is 4.42 Å². The summed E-state index contributed by atoms with van der Waals surface area (Å²) in [5, 5.41) is 6.50. The molecule has 0 N–H and O–H groups in total. The summed E-state index contributed by atoms with van der Waals surface area (Å²) < 4.78 is 20.5. The summed E-state index contributed by atoms with van der Waals surface area (Å²) >= 11 is 0. The Morgan fingerprint density at radius 3 is 1.65 bits per heavy atom. The normalized spacial score (nSPS) is 14.3. The van der Waals surface area contributed by atoms with Crippen molar-refractivity contribution >= 4 is 43.5 Å². The van der Waals surface area contributed by atoms with Gasteiger partial charge in [-0.3, -0.25) is 0 Å². The van der Waals surface area contributed by atoms with Crippen LogP contribution in [0.4, 0.5) is 4.39 Å². The summed E-state index contributed by atoms with van der Waals surface area (Å²) in [4.78, 5) is 15.9. The molecule has 0 amide bonds. The van der Waals surface area contributed by atoms with Crippen LogP contribution in [0.3, 0.4) is 0 Å². The van der Waals surface area contributed by atoms with Crippen LogP contribution in [0.1, 0.15) is 51.7 Å². The lowest BCUT2D eigenvalue weighted by Gasteiger charge is -2.42. The minimum atomic E-state index is -0.262. The highest BCUT2D eigenvalue weighted by Gasteiger charge is 2.37. The zero-order valence-electron chi connectivity index (χ0n) is 37.4.